The van der Waals surface area contributed by atoms with Crippen molar-refractivity contribution < 1.29 is 9.84 Å². The molecule has 0 spiro atoms. The largest absolute Gasteiger partial charge is 0.481 e. The highest BCUT2D eigenvalue weighted by atomic mass is 32.1. The van der Waals surface area contributed by atoms with Crippen LogP contribution in [0.5, 0.6) is 5.88 Å². The van der Waals surface area contributed by atoms with Crippen molar-refractivity contribution in [3.05, 3.63) is 64.7 Å². The molecule has 3 aromatic heterocycles. The summed E-state index contributed by atoms with van der Waals surface area (Å²) in [7, 11) is 1.53. The number of benzene rings is 1. The number of hydrogen-bond donors (Lipinski definition) is 2. The molecule has 1 aromatic carbocycles. The van der Waals surface area contributed by atoms with Gasteiger partial charge in [0.05, 0.1) is 12.5 Å². The molecule has 1 atom stereocenters. The Morgan fingerprint density at radius 2 is 2.00 bits per heavy atom. The molecule has 136 valence electrons. The molecule has 27 heavy (non-hydrogen) atoms. The number of thiophene rings is 1. The second-order valence-corrected chi connectivity index (χ2v) is 7.24. The Kier molecular flexibility index (Phi) is 4.47. The Hall–Kier alpha value is -3.03. The number of rotatable bonds is 4. The normalized spacial score (nSPS) is 12.3. The number of nitrogen functional groups attached to an aromatic ring is 1. The molecule has 0 radical (unpaired) electrons. The molecule has 4 aromatic rings. The third-order valence-electron chi connectivity index (χ3n) is 4.28. The molecule has 0 saturated carbocycles. The van der Waals surface area contributed by atoms with E-state index in [-0.39, 0.29) is 0 Å². The van der Waals surface area contributed by atoms with Crippen LogP contribution in [0, 0.1) is 6.92 Å². The van der Waals surface area contributed by atoms with Crippen molar-refractivity contribution >= 4 is 27.4 Å². The number of aliphatic hydroxyl groups excluding tert-OH is 1. The fraction of sp³-hybridized carbons (Fsp3) is 0.150. The van der Waals surface area contributed by atoms with Crippen LogP contribution in [0.4, 0.5) is 5.82 Å². The molecule has 3 N–H and O–H groups in total. The van der Waals surface area contributed by atoms with E-state index < -0.39 is 6.10 Å². The minimum Gasteiger partial charge on any atom is -0.481 e. The molecule has 0 aliphatic rings. The molecule has 0 bridgehead atoms. The minimum absolute atomic E-state index is 0.391. The molecular formula is C20H18N4O2S. The number of ether oxygens (including phenoxy) is 1. The topological polar surface area (TPSA) is 94.2 Å². The first-order valence-corrected chi connectivity index (χ1v) is 9.19. The van der Waals surface area contributed by atoms with E-state index in [9.17, 15) is 5.11 Å². The average molecular weight is 378 g/mol. The third kappa shape index (κ3) is 3.22. The maximum absolute atomic E-state index is 10.8. The second-order valence-electron chi connectivity index (χ2n) is 6.17. The molecule has 4 rings (SSSR count). The number of anilines is 1. The first-order valence-electron chi connectivity index (χ1n) is 8.38. The molecule has 0 fully saturated rings. The van der Waals surface area contributed by atoms with E-state index in [0.29, 0.717) is 28.0 Å². The van der Waals surface area contributed by atoms with Crippen molar-refractivity contribution in [1.82, 2.24) is 15.0 Å². The Morgan fingerprint density at radius 1 is 1.15 bits per heavy atom. The number of hydrogen-bond acceptors (Lipinski definition) is 7. The van der Waals surface area contributed by atoms with Gasteiger partial charge in [0.1, 0.15) is 16.8 Å². The van der Waals surface area contributed by atoms with Crippen LogP contribution in [0.25, 0.3) is 21.6 Å². The van der Waals surface area contributed by atoms with Crippen LogP contribution in [-0.4, -0.2) is 27.2 Å². The summed E-state index contributed by atoms with van der Waals surface area (Å²) in [6.45, 7) is 2.02. The fourth-order valence-electron chi connectivity index (χ4n) is 2.95. The number of nitrogens with zero attached hydrogens (tertiary/aromatic N) is 3. The summed E-state index contributed by atoms with van der Waals surface area (Å²) in [4.78, 5) is 14.7. The van der Waals surface area contributed by atoms with Crippen molar-refractivity contribution in [2.75, 3.05) is 12.8 Å². The van der Waals surface area contributed by atoms with Crippen LogP contribution < -0.4 is 10.5 Å². The first-order chi connectivity index (χ1) is 13.1. The molecule has 1 unspecified atom stereocenters. The zero-order valence-corrected chi connectivity index (χ0v) is 15.7. The number of aliphatic hydroxyl groups is 1. The highest BCUT2D eigenvalue weighted by molar-refractivity contribution is 7.18. The number of aromatic nitrogens is 3. The van der Waals surface area contributed by atoms with Crippen molar-refractivity contribution in [1.29, 1.82) is 0 Å². The Morgan fingerprint density at radius 3 is 2.78 bits per heavy atom. The zero-order valence-electron chi connectivity index (χ0n) is 14.9. The molecule has 0 aliphatic heterocycles. The first kappa shape index (κ1) is 17.4. The zero-order chi connectivity index (χ0) is 19.0. The van der Waals surface area contributed by atoms with E-state index in [1.165, 1.54) is 18.4 Å². The van der Waals surface area contributed by atoms with Gasteiger partial charge in [-0.25, -0.2) is 15.0 Å². The van der Waals surface area contributed by atoms with Gasteiger partial charge in [-0.2, -0.15) is 0 Å². The minimum atomic E-state index is -0.880. The van der Waals surface area contributed by atoms with E-state index in [2.05, 4.69) is 15.0 Å². The summed E-state index contributed by atoms with van der Waals surface area (Å²) in [5.41, 5.74) is 8.81. The third-order valence-corrected chi connectivity index (χ3v) is 5.36. The van der Waals surface area contributed by atoms with Gasteiger partial charge in [0.25, 0.3) is 0 Å². The van der Waals surface area contributed by atoms with E-state index in [1.54, 1.807) is 18.3 Å². The Labute approximate surface area is 160 Å². The molecule has 3 heterocycles. The van der Waals surface area contributed by atoms with Gasteiger partial charge in [-0.15, -0.1) is 11.3 Å². The second kappa shape index (κ2) is 6.94. The highest BCUT2D eigenvalue weighted by Crippen LogP contribution is 2.37. The molecule has 0 saturated heterocycles. The lowest BCUT2D eigenvalue weighted by molar-refractivity contribution is 0.217. The Balaban J connectivity index is 1.79. The summed E-state index contributed by atoms with van der Waals surface area (Å²) in [5, 5.41) is 11.5. The lowest BCUT2D eigenvalue weighted by Crippen LogP contribution is -2.01. The van der Waals surface area contributed by atoms with Crippen LogP contribution in [0.2, 0.25) is 0 Å². The number of methoxy groups -OCH3 is 1. The molecule has 6 nitrogen and oxygen atoms in total. The van der Waals surface area contributed by atoms with Crippen LogP contribution in [0.1, 0.15) is 22.1 Å². The number of fused-ring (bicyclic) bond motifs is 1. The maximum atomic E-state index is 10.8. The Bertz CT molecular complexity index is 1130. The summed E-state index contributed by atoms with van der Waals surface area (Å²) in [6, 6.07) is 13.3. The van der Waals surface area contributed by atoms with Crippen molar-refractivity contribution in [2.45, 2.75) is 13.0 Å². The van der Waals surface area contributed by atoms with Crippen molar-refractivity contribution in [3.63, 3.8) is 0 Å². The highest BCUT2D eigenvalue weighted by Gasteiger charge is 2.20. The molecular weight excluding hydrogens is 360 g/mol. The fourth-order valence-corrected chi connectivity index (χ4v) is 3.99. The smallest absolute Gasteiger partial charge is 0.219 e. The van der Waals surface area contributed by atoms with Gasteiger partial charge >= 0.3 is 0 Å². The van der Waals surface area contributed by atoms with Crippen LogP contribution in [0.15, 0.2) is 48.7 Å². The summed E-state index contributed by atoms with van der Waals surface area (Å²) < 4.78 is 5.25. The summed E-state index contributed by atoms with van der Waals surface area (Å²) >= 11 is 1.38. The SMILES string of the molecule is COc1ncccc1C(O)c1cc2c(N)nc(-c3cccc(C)c3)nc2s1. The lowest BCUT2D eigenvalue weighted by Gasteiger charge is -2.11. The van der Waals surface area contributed by atoms with Crippen LogP contribution in [-0.2, 0) is 0 Å². The van der Waals surface area contributed by atoms with Crippen LogP contribution >= 0.6 is 11.3 Å². The number of pyridine rings is 1. The lowest BCUT2D eigenvalue weighted by atomic mass is 10.1. The number of aryl methyl sites for hydroxylation is 1. The van der Waals surface area contributed by atoms with Crippen LogP contribution in [0.3, 0.4) is 0 Å². The van der Waals surface area contributed by atoms with Gasteiger partial charge in [0.15, 0.2) is 5.82 Å². The monoisotopic (exact) mass is 378 g/mol. The van der Waals surface area contributed by atoms with E-state index >= 15 is 0 Å². The summed E-state index contributed by atoms with van der Waals surface area (Å²) in [6.07, 6.45) is 0.743. The quantitative estimate of drug-likeness (QED) is 0.562. The standard InChI is InChI=1S/C20H18N4O2S/c1-11-5-3-6-12(9-11)18-23-17(21)14-10-15(27-20(14)24-18)16(25)13-7-4-8-22-19(13)26-2/h3-10,16,25H,1-2H3,(H2,21,23,24). The van der Waals surface area contributed by atoms with Crippen molar-refractivity contribution in [2.24, 2.45) is 0 Å². The molecule has 0 amide bonds. The molecule has 0 aliphatic carbocycles. The van der Waals surface area contributed by atoms with Crippen molar-refractivity contribution in [3.8, 4) is 17.3 Å². The van der Waals surface area contributed by atoms with Gasteiger partial charge in [-0.05, 0) is 31.2 Å². The maximum Gasteiger partial charge on any atom is 0.219 e. The average Bonchev–Trinajstić information content (AvgIpc) is 3.12. The van der Waals surface area contributed by atoms with E-state index in [0.717, 1.165) is 21.3 Å². The summed E-state index contributed by atoms with van der Waals surface area (Å²) in [5.74, 6) is 1.36. The van der Waals surface area contributed by atoms with E-state index in [1.807, 2.05) is 37.3 Å². The number of nitrogens with two attached hydrogens (primary N) is 1. The van der Waals surface area contributed by atoms with Gasteiger partial charge in [0.2, 0.25) is 5.88 Å². The van der Waals surface area contributed by atoms with Gasteiger partial charge < -0.3 is 15.6 Å². The van der Waals surface area contributed by atoms with Gasteiger partial charge in [-0.3, -0.25) is 0 Å². The predicted molar refractivity (Wildman–Crippen MR) is 107 cm³/mol. The molecule has 7 heteroatoms. The predicted octanol–water partition coefficient (Wildman–Crippen LogP) is 3.73. The van der Waals surface area contributed by atoms with E-state index in [4.69, 9.17) is 10.5 Å². The van der Waals surface area contributed by atoms with Gasteiger partial charge in [0, 0.05) is 22.2 Å². The van der Waals surface area contributed by atoms with Gasteiger partial charge in [-0.1, -0.05) is 23.8 Å².